The molecule has 9 heteroatoms. The summed E-state index contributed by atoms with van der Waals surface area (Å²) in [6.45, 7) is 3.81. The molecule has 2 atom stereocenters. The van der Waals surface area contributed by atoms with Gasteiger partial charge in [-0.2, -0.15) is 13.2 Å². The predicted molar refractivity (Wildman–Crippen MR) is 72.8 cm³/mol. The Hall–Kier alpha value is -2.03. The van der Waals surface area contributed by atoms with Crippen LogP contribution in [-0.2, 0) is 4.79 Å². The quantitative estimate of drug-likeness (QED) is 0.815. The summed E-state index contributed by atoms with van der Waals surface area (Å²) in [6.07, 6.45) is -2.27. The van der Waals surface area contributed by atoms with E-state index >= 15 is 0 Å². The fourth-order valence-corrected chi connectivity index (χ4v) is 2.83. The van der Waals surface area contributed by atoms with Crippen molar-refractivity contribution in [1.29, 1.82) is 0 Å². The molecule has 23 heavy (non-hydrogen) atoms. The number of hydrogen-bond donors (Lipinski definition) is 2. The molecule has 2 N–H and O–H groups in total. The van der Waals surface area contributed by atoms with Gasteiger partial charge in [0, 0.05) is 13.1 Å². The molecule has 0 aliphatic carbocycles. The monoisotopic (exact) mass is 334 g/mol. The Morgan fingerprint density at radius 3 is 2.26 bits per heavy atom. The number of likely N-dealkylation sites (tertiary alicyclic amines) is 1. The number of carbonyl (C=O) groups excluding carboxylic acids is 1. The van der Waals surface area contributed by atoms with Crippen LogP contribution in [0, 0.1) is 11.8 Å². The lowest BCUT2D eigenvalue weighted by atomic mass is 9.86. The fourth-order valence-electron chi connectivity index (χ4n) is 2.83. The number of carbonyl (C=O) groups is 2. The summed E-state index contributed by atoms with van der Waals surface area (Å²) in [5.41, 5.74) is 0. The Balaban J connectivity index is 0.000000236. The molecule has 1 amide bonds. The van der Waals surface area contributed by atoms with Crippen molar-refractivity contribution < 1.29 is 32.3 Å². The van der Waals surface area contributed by atoms with Gasteiger partial charge in [0.15, 0.2) is 5.76 Å². The zero-order valence-electron chi connectivity index (χ0n) is 12.2. The molecule has 0 radical (unpaired) electrons. The molecule has 2 bridgehead atoms. The number of carboxylic acid groups (broad SMARTS) is 1. The highest BCUT2D eigenvalue weighted by Gasteiger charge is 2.38. The average Bonchev–Trinajstić information content (AvgIpc) is 2.99. The van der Waals surface area contributed by atoms with E-state index in [0.717, 1.165) is 26.2 Å². The molecule has 2 saturated heterocycles. The first-order valence-electron chi connectivity index (χ1n) is 7.11. The van der Waals surface area contributed by atoms with Crippen LogP contribution in [0.15, 0.2) is 22.8 Å². The summed E-state index contributed by atoms with van der Waals surface area (Å²) < 4.78 is 36.9. The molecule has 0 aromatic carbocycles. The van der Waals surface area contributed by atoms with Gasteiger partial charge >= 0.3 is 12.1 Å². The molecule has 2 aliphatic rings. The predicted octanol–water partition coefficient (Wildman–Crippen LogP) is 1.59. The number of fused-ring (bicyclic) bond motifs is 2. The second-order valence-corrected chi connectivity index (χ2v) is 5.62. The molecule has 0 spiro atoms. The molecule has 1 aromatic rings. The van der Waals surface area contributed by atoms with Gasteiger partial charge in [-0.25, -0.2) is 4.79 Å². The molecule has 2 fully saturated rings. The van der Waals surface area contributed by atoms with Crippen LogP contribution in [0.2, 0.25) is 0 Å². The zero-order chi connectivity index (χ0) is 17.0. The number of nitrogens with one attached hydrogen (secondary N) is 1. The van der Waals surface area contributed by atoms with Crippen LogP contribution in [0.5, 0.6) is 0 Å². The Morgan fingerprint density at radius 1 is 1.26 bits per heavy atom. The Bertz CT molecular complexity index is 533. The van der Waals surface area contributed by atoms with Crippen molar-refractivity contribution in [3.8, 4) is 0 Å². The summed E-state index contributed by atoms with van der Waals surface area (Å²) in [7, 11) is 0. The van der Waals surface area contributed by atoms with Gasteiger partial charge in [-0.3, -0.25) is 4.79 Å². The standard InChI is InChI=1S/C12H16N2O2.C2HF3O2/c15-12(11-2-1-3-16-11)14-7-9-4-10(8-14)6-13-5-9;3-2(4,5)1(6)7/h1-3,9-10,13H,4-8H2;(H,6,7)/t9-,10+;. The number of aliphatic carboxylic acids is 1. The van der Waals surface area contributed by atoms with Gasteiger partial charge in [-0.1, -0.05) is 0 Å². The minimum Gasteiger partial charge on any atom is -0.475 e. The van der Waals surface area contributed by atoms with Gasteiger partial charge in [-0.05, 0) is 43.5 Å². The lowest BCUT2D eigenvalue weighted by molar-refractivity contribution is -0.192. The lowest BCUT2D eigenvalue weighted by Gasteiger charge is -2.41. The van der Waals surface area contributed by atoms with E-state index in [4.69, 9.17) is 14.3 Å². The fraction of sp³-hybridized carbons (Fsp3) is 0.571. The van der Waals surface area contributed by atoms with Crippen LogP contribution in [0.3, 0.4) is 0 Å². The van der Waals surface area contributed by atoms with Crippen molar-refractivity contribution in [2.45, 2.75) is 12.6 Å². The van der Waals surface area contributed by atoms with Gasteiger partial charge in [0.05, 0.1) is 6.26 Å². The number of alkyl halides is 3. The molecule has 128 valence electrons. The minimum absolute atomic E-state index is 0.0431. The molecule has 0 saturated carbocycles. The van der Waals surface area contributed by atoms with E-state index in [2.05, 4.69) is 5.32 Å². The number of hydrogen-bond acceptors (Lipinski definition) is 4. The highest BCUT2D eigenvalue weighted by Crippen LogP contribution is 2.25. The first kappa shape index (κ1) is 17.3. The Labute approximate surface area is 130 Å². The smallest absolute Gasteiger partial charge is 0.475 e. The Morgan fingerprint density at radius 2 is 1.83 bits per heavy atom. The second-order valence-electron chi connectivity index (χ2n) is 5.62. The number of nitrogens with zero attached hydrogens (tertiary/aromatic N) is 1. The third-order valence-electron chi connectivity index (χ3n) is 3.75. The first-order chi connectivity index (χ1) is 10.8. The number of rotatable bonds is 1. The first-order valence-corrected chi connectivity index (χ1v) is 7.11. The van der Waals surface area contributed by atoms with E-state index in [1.54, 1.807) is 18.4 Å². The topological polar surface area (TPSA) is 82.8 Å². The Kier molecular flexibility index (Phi) is 5.30. The summed E-state index contributed by atoms with van der Waals surface area (Å²) in [6, 6.07) is 3.50. The van der Waals surface area contributed by atoms with Crippen LogP contribution in [-0.4, -0.2) is 54.2 Å². The van der Waals surface area contributed by atoms with E-state index in [-0.39, 0.29) is 5.91 Å². The number of furan rings is 1. The average molecular weight is 334 g/mol. The summed E-state index contributed by atoms with van der Waals surface area (Å²) in [4.78, 5) is 22.9. The SMILES string of the molecule is O=C(O)C(F)(F)F.O=C(c1ccco1)N1C[C@@H]2CNC[C@@H](C2)C1. The summed E-state index contributed by atoms with van der Waals surface area (Å²) >= 11 is 0. The van der Waals surface area contributed by atoms with Crippen LogP contribution in [0.1, 0.15) is 17.0 Å². The zero-order valence-corrected chi connectivity index (χ0v) is 12.2. The summed E-state index contributed by atoms with van der Waals surface area (Å²) in [5, 5.41) is 10.5. The molecular formula is C14H17F3N2O4. The van der Waals surface area contributed by atoms with Gasteiger partial charge < -0.3 is 19.7 Å². The molecule has 2 aliphatic heterocycles. The second kappa shape index (κ2) is 7.03. The van der Waals surface area contributed by atoms with Gasteiger partial charge in [0.25, 0.3) is 5.91 Å². The highest BCUT2D eigenvalue weighted by molar-refractivity contribution is 5.91. The maximum absolute atomic E-state index is 12.1. The van der Waals surface area contributed by atoms with E-state index in [0.29, 0.717) is 17.6 Å². The van der Waals surface area contributed by atoms with Gasteiger partial charge in [-0.15, -0.1) is 0 Å². The summed E-state index contributed by atoms with van der Waals surface area (Å²) in [5.74, 6) is -1.01. The number of halogens is 3. The van der Waals surface area contributed by atoms with Gasteiger partial charge in [0.2, 0.25) is 0 Å². The van der Waals surface area contributed by atoms with Crippen molar-refractivity contribution >= 4 is 11.9 Å². The van der Waals surface area contributed by atoms with Crippen molar-refractivity contribution in [3.05, 3.63) is 24.2 Å². The highest BCUT2D eigenvalue weighted by atomic mass is 19.4. The third-order valence-corrected chi connectivity index (χ3v) is 3.75. The van der Waals surface area contributed by atoms with E-state index in [9.17, 15) is 18.0 Å². The lowest BCUT2D eigenvalue weighted by Crippen LogP contribution is -2.52. The molecular weight excluding hydrogens is 317 g/mol. The van der Waals surface area contributed by atoms with E-state index in [1.807, 2.05) is 4.90 Å². The third kappa shape index (κ3) is 4.72. The van der Waals surface area contributed by atoms with Gasteiger partial charge in [0.1, 0.15) is 0 Å². The number of carboxylic acids is 1. The largest absolute Gasteiger partial charge is 0.490 e. The maximum atomic E-state index is 12.1. The molecule has 3 heterocycles. The van der Waals surface area contributed by atoms with E-state index < -0.39 is 12.1 Å². The molecule has 0 unspecified atom stereocenters. The van der Waals surface area contributed by atoms with Crippen molar-refractivity contribution in [2.24, 2.45) is 11.8 Å². The molecule has 6 nitrogen and oxygen atoms in total. The minimum atomic E-state index is -5.08. The molecule has 1 aromatic heterocycles. The normalized spacial score (nSPS) is 23.7. The number of amides is 1. The van der Waals surface area contributed by atoms with Crippen molar-refractivity contribution in [3.63, 3.8) is 0 Å². The van der Waals surface area contributed by atoms with Crippen LogP contribution in [0.4, 0.5) is 13.2 Å². The number of piperidine rings is 2. The van der Waals surface area contributed by atoms with Crippen molar-refractivity contribution in [2.75, 3.05) is 26.2 Å². The van der Waals surface area contributed by atoms with Crippen LogP contribution in [0.25, 0.3) is 0 Å². The van der Waals surface area contributed by atoms with Crippen molar-refractivity contribution in [1.82, 2.24) is 10.2 Å². The van der Waals surface area contributed by atoms with E-state index in [1.165, 1.54) is 6.42 Å². The van der Waals surface area contributed by atoms with Crippen LogP contribution >= 0.6 is 0 Å². The molecule has 3 rings (SSSR count). The maximum Gasteiger partial charge on any atom is 0.490 e. The van der Waals surface area contributed by atoms with Crippen LogP contribution < -0.4 is 5.32 Å².